The second-order valence-corrected chi connectivity index (χ2v) is 6.65. The summed E-state index contributed by atoms with van der Waals surface area (Å²) in [5.41, 5.74) is 3.86. The van der Waals surface area contributed by atoms with Gasteiger partial charge in [-0.3, -0.25) is 14.5 Å². The number of benzene rings is 2. The molecule has 0 saturated heterocycles. The third-order valence-corrected chi connectivity index (χ3v) is 4.18. The molecule has 1 N–H and O–H groups in total. The molecule has 0 saturated carbocycles. The molecule has 0 aliphatic carbocycles. The molecule has 1 amide bonds. The van der Waals surface area contributed by atoms with Gasteiger partial charge in [0.25, 0.3) is 0 Å². The molecule has 0 radical (unpaired) electrons. The Labute approximate surface area is 158 Å². The summed E-state index contributed by atoms with van der Waals surface area (Å²) in [5.74, 6) is -0.576. The number of anilines is 1. The fourth-order valence-electron chi connectivity index (χ4n) is 2.61. The van der Waals surface area contributed by atoms with Crippen LogP contribution in [0.2, 0.25) is 5.02 Å². The summed E-state index contributed by atoms with van der Waals surface area (Å²) in [5, 5.41) is 3.54. The highest BCUT2D eigenvalue weighted by atomic mass is 35.5. The molecule has 138 valence electrons. The van der Waals surface area contributed by atoms with Crippen molar-refractivity contribution in [1.82, 2.24) is 4.90 Å². The lowest BCUT2D eigenvalue weighted by Crippen LogP contribution is -2.37. The summed E-state index contributed by atoms with van der Waals surface area (Å²) in [6, 6.07) is 13.1. The Morgan fingerprint density at radius 3 is 2.38 bits per heavy atom. The first-order valence-electron chi connectivity index (χ1n) is 8.28. The summed E-state index contributed by atoms with van der Waals surface area (Å²) in [4.78, 5) is 25.9. The van der Waals surface area contributed by atoms with Gasteiger partial charge in [0, 0.05) is 17.3 Å². The summed E-state index contributed by atoms with van der Waals surface area (Å²) >= 11 is 5.90. The van der Waals surface area contributed by atoms with Crippen LogP contribution < -0.4 is 5.32 Å². The molecule has 0 aliphatic heterocycles. The van der Waals surface area contributed by atoms with Gasteiger partial charge < -0.3 is 10.1 Å². The summed E-state index contributed by atoms with van der Waals surface area (Å²) in [6.45, 7) is 4.49. The number of esters is 1. The molecule has 0 aromatic heterocycles. The van der Waals surface area contributed by atoms with Gasteiger partial charge in [0.15, 0.2) is 0 Å². The van der Waals surface area contributed by atoms with Gasteiger partial charge in [0.2, 0.25) is 5.91 Å². The maximum Gasteiger partial charge on any atom is 0.319 e. The normalized spacial score (nSPS) is 10.7. The molecule has 5 nitrogen and oxygen atoms in total. The average Bonchev–Trinajstić information content (AvgIpc) is 2.59. The number of halogens is 1. The third kappa shape index (κ3) is 6.17. The molecule has 0 bridgehead atoms. The highest BCUT2D eigenvalue weighted by Gasteiger charge is 2.16. The van der Waals surface area contributed by atoms with E-state index in [-0.39, 0.29) is 19.0 Å². The van der Waals surface area contributed by atoms with E-state index in [4.69, 9.17) is 16.3 Å². The number of hydrogen-bond acceptors (Lipinski definition) is 4. The molecule has 0 spiro atoms. The quantitative estimate of drug-likeness (QED) is 0.753. The number of amides is 1. The number of nitrogens with one attached hydrogen (secondary N) is 1. The van der Waals surface area contributed by atoms with E-state index in [9.17, 15) is 9.59 Å². The molecule has 2 aromatic rings. The molecular formula is C20H23ClN2O3. The monoisotopic (exact) mass is 374 g/mol. The van der Waals surface area contributed by atoms with Gasteiger partial charge in [-0.15, -0.1) is 0 Å². The largest absolute Gasteiger partial charge is 0.468 e. The number of carbonyl (C=O) groups excluding carboxylic acids is 2. The predicted molar refractivity (Wildman–Crippen MR) is 103 cm³/mol. The molecule has 2 rings (SSSR count). The van der Waals surface area contributed by atoms with E-state index >= 15 is 0 Å². The van der Waals surface area contributed by atoms with Crippen molar-refractivity contribution in [1.29, 1.82) is 0 Å². The predicted octanol–water partition coefficient (Wildman–Crippen LogP) is 3.57. The Balaban J connectivity index is 2.05. The number of methoxy groups -OCH3 is 1. The SMILES string of the molecule is COC(=O)CN(CC(=O)Nc1ccc(C)cc1C)Cc1ccc(Cl)cc1. The number of ether oxygens (including phenoxy) is 1. The van der Waals surface area contributed by atoms with Crippen LogP contribution in [0.1, 0.15) is 16.7 Å². The number of carbonyl (C=O) groups is 2. The zero-order valence-electron chi connectivity index (χ0n) is 15.2. The smallest absolute Gasteiger partial charge is 0.319 e. The fourth-order valence-corrected chi connectivity index (χ4v) is 2.74. The van der Waals surface area contributed by atoms with Crippen LogP contribution in [0.5, 0.6) is 0 Å². The van der Waals surface area contributed by atoms with Crippen LogP contribution in [0.15, 0.2) is 42.5 Å². The van der Waals surface area contributed by atoms with E-state index in [0.717, 1.165) is 22.4 Å². The second-order valence-electron chi connectivity index (χ2n) is 6.21. The van der Waals surface area contributed by atoms with E-state index in [1.807, 2.05) is 44.2 Å². The van der Waals surface area contributed by atoms with Gasteiger partial charge in [0.05, 0.1) is 20.2 Å². The number of aryl methyl sites for hydroxylation is 2. The van der Waals surface area contributed by atoms with Crippen LogP contribution in [-0.4, -0.2) is 37.0 Å². The maximum absolute atomic E-state index is 12.4. The molecule has 0 fully saturated rings. The first-order valence-corrected chi connectivity index (χ1v) is 8.66. The third-order valence-electron chi connectivity index (χ3n) is 3.92. The van der Waals surface area contributed by atoms with Gasteiger partial charge in [-0.1, -0.05) is 41.4 Å². The Hall–Kier alpha value is -2.37. The highest BCUT2D eigenvalue weighted by Crippen LogP contribution is 2.16. The minimum Gasteiger partial charge on any atom is -0.468 e. The van der Waals surface area contributed by atoms with E-state index in [1.165, 1.54) is 7.11 Å². The topological polar surface area (TPSA) is 58.6 Å². The summed E-state index contributed by atoms with van der Waals surface area (Å²) in [7, 11) is 1.33. The van der Waals surface area contributed by atoms with Crippen molar-refractivity contribution in [2.24, 2.45) is 0 Å². The minimum absolute atomic E-state index is 0.0272. The lowest BCUT2D eigenvalue weighted by Gasteiger charge is -2.21. The Morgan fingerprint density at radius 2 is 1.77 bits per heavy atom. The number of hydrogen-bond donors (Lipinski definition) is 1. The maximum atomic E-state index is 12.4. The number of rotatable bonds is 7. The zero-order chi connectivity index (χ0) is 19.1. The van der Waals surface area contributed by atoms with Crippen molar-refractivity contribution in [3.63, 3.8) is 0 Å². The Morgan fingerprint density at radius 1 is 1.08 bits per heavy atom. The van der Waals surface area contributed by atoms with Crippen molar-refractivity contribution in [2.45, 2.75) is 20.4 Å². The molecule has 6 heteroatoms. The summed E-state index contributed by atoms with van der Waals surface area (Å²) in [6.07, 6.45) is 0. The molecule has 0 aliphatic rings. The van der Waals surface area contributed by atoms with Crippen LogP contribution in [-0.2, 0) is 20.9 Å². The van der Waals surface area contributed by atoms with Crippen molar-refractivity contribution in [3.05, 3.63) is 64.2 Å². The van der Waals surface area contributed by atoms with Crippen LogP contribution in [0.4, 0.5) is 5.69 Å². The van der Waals surface area contributed by atoms with Crippen LogP contribution in [0.3, 0.4) is 0 Å². The Kier molecular flexibility index (Phi) is 7.18. The molecule has 2 aromatic carbocycles. The highest BCUT2D eigenvalue weighted by molar-refractivity contribution is 6.30. The Bertz CT molecular complexity index is 775. The molecular weight excluding hydrogens is 352 g/mol. The van der Waals surface area contributed by atoms with Gasteiger partial charge in [-0.05, 0) is 43.2 Å². The zero-order valence-corrected chi connectivity index (χ0v) is 16.0. The average molecular weight is 375 g/mol. The lowest BCUT2D eigenvalue weighted by atomic mass is 10.1. The molecule has 0 heterocycles. The van der Waals surface area contributed by atoms with Crippen molar-refractivity contribution >= 4 is 29.2 Å². The standard InChI is InChI=1S/C20H23ClN2O3/c1-14-4-9-18(15(2)10-14)22-19(24)12-23(13-20(25)26-3)11-16-5-7-17(21)8-6-16/h4-10H,11-13H2,1-3H3,(H,22,24). The van der Waals surface area contributed by atoms with E-state index in [1.54, 1.807) is 17.0 Å². The molecule has 26 heavy (non-hydrogen) atoms. The van der Waals surface area contributed by atoms with E-state index in [0.29, 0.717) is 11.6 Å². The van der Waals surface area contributed by atoms with E-state index < -0.39 is 5.97 Å². The van der Waals surface area contributed by atoms with Gasteiger partial charge in [-0.25, -0.2) is 0 Å². The van der Waals surface area contributed by atoms with Gasteiger partial charge >= 0.3 is 5.97 Å². The van der Waals surface area contributed by atoms with Crippen molar-refractivity contribution in [3.8, 4) is 0 Å². The molecule has 0 unspecified atom stereocenters. The van der Waals surface area contributed by atoms with Gasteiger partial charge in [0.1, 0.15) is 0 Å². The fraction of sp³-hybridized carbons (Fsp3) is 0.300. The molecule has 0 atom stereocenters. The minimum atomic E-state index is -0.390. The first kappa shape index (κ1) is 19.9. The second kappa shape index (κ2) is 9.36. The first-order chi connectivity index (χ1) is 12.4. The lowest BCUT2D eigenvalue weighted by molar-refractivity contribution is -0.142. The van der Waals surface area contributed by atoms with Crippen LogP contribution in [0, 0.1) is 13.8 Å². The van der Waals surface area contributed by atoms with E-state index in [2.05, 4.69) is 5.32 Å². The van der Waals surface area contributed by atoms with Gasteiger partial charge in [-0.2, -0.15) is 0 Å². The number of nitrogens with zero attached hydrogens (tertiary/aromatic N) is 1. The summed E-state index contributed by atoms with van der Waals surface area (Å²) < 4.78 is 4.74. The van der Waals surface area contributed by atoms with Crippen LogP contribution >= 0.6 is 11.6 Å². The van der Waals surface area contributed by atoms with Crippen LogP contribution in [0.25, 0.3) is 0 Å². The van der Waals surface area contributed by atoms with Crippen molar-refractivity contribution in [2.75, 3.05) is 25.5 Å². The van der Waals surface area contributed by atoms with Crippen molar-refractivity contribution < 1.29 is 14.3 Å².